The average molecular weight is 293 g/mol. The van der Waals surface area contributed by atoms with Gasteiger partial charge in [0.15, 0.2) is 0 Å². The van der Waals surface area contributed by atoms with E-state index < -0.39 is 10.0 Å². The molecule has 2 aromatic rings. The second-order valence-electron chi connectivity index (χ2n) is 4.19. The maximum absolute atomic E-state index is 12.2. The minimum absolute atomic E-state index is 0.00856. The summed E-state index contributed by atoms with van der Waals surface area (Å²) < 4.78 is 28.3. The molecule has 0 radical (unpaired) electrons. The van der Waals surface area contributed by atoms with Gasteiger partial charge in [0.25, 0.3) is 15.6 Å². The predicted octanol–water partition coefficient (Wildman–Crippen LogP) is 1.25. The number of benzene rings is 1. The minimum atomic E-state index is -3.77. The minimum Gasteiger partial charge on any atom is -0.398 e. The van der Waals surface area contributed by atoms with Crippen LogP contribution in [0.25, 0.3) is 0 Å². The Morgan fingerprint density at radius 2 is 1.90 bits per heavy atom. The first kappa shape index (κ1) is 14.1. The average Bonchev–Trinajstić information content (AvgIpc) is 2.41. The fourth-order valence-electron chi connectivity index (χ4n) is 1.77. The van der Waals surface area contributed by atoms with Crippen LogP contribution >= 0.6 is 0 Å². The second kappa shape index (κ2) is 5.38. The van der Waals surface area contributed by atoms with Gasteiger partial charge in [-0.25, -0.2) is 8.42 Å². The van der Waals surface area contributed by atoms with Crippen LogP contribution in [0.3, 0.4) is 0 Å². The predicted molar refractivity (Wildman–Crippen MR) is 78.0 cm³/mol. The van der Waals surface area contributed by atoms with Crippen molar-refractivity contribution in [3.8, 4) is 0 Å². The first-order valence-corrected chi connectivity index (χ1v) is 7.50. The van der Waals surface area contributed by atoms with E-state index in [1.807, 2.05) is 0 Å². The van der Waals surface area contributed by atoms with Crippen LogP contribution in [-0.4, -0.2) is 13.0 Å². The molecule has 0 saturated heterocycles. The summed E-state index contributed by atoms with van der Waals surface area (Å²) in [5.74, 6) is 0. The molecule has 0 saturated carbocycles. The molecule has 0 aliphatic heterocycles. The van der Waals surface area contributed by atoms with Crippen molar-refractivity contribution in [2.45, 2.75) is 18.4 Å². The van der Waals surface area contributed by atoms with E-state index >= 15 is 0 Å². The maximum atomic E-state index is 12.2. The number of sulfonamides is 1. The SMILES string of the molecule is CCn1cc(NS(=O)(=O)c2ccccc2N)ccc1=O. The van der Waals surface area contributed by atoms with Gasteiger partial charge in [-0.15, -0.1) is 0 Å². The van der Waals surface area contributed by atoms with E-state index in [1.54, 1.807) is 19.1 Å². The lowest BCUT2D eigenvalue weighted by molar-refractivity contribution is 0.601. The highest BCUT2D eigenvalue weighted by Crippen LogP contribution is 2.20. The molecule has 3 N–H and O–H groups in total. The smallest absolute Gasteiger partial charge is 0.263 e. The molecular weight excluding hydrogens is 278 g/mol. The molecule has 6 nitrogen and oxygen atoms in total. The molecule has 1 aromatic heterocycles. The van der Waals surface area contributed by atoms with Gasteiger partial charge in [0.05, 0.1) is 11.4 Å². The van der Waals surface area contributed by atoms with Crippen molar-refractivity contribution in [3.63, 3.8) is 0 Å². The van der Waals surface area contributed by atoms with E-state index in [0.29, 0.717) is 12.2 Å². The van der Waals surface area contributed by atoms with Gasteiger partial charge in [-0.3, -0.25) is 9.52 Å². The number of pyridine rings is 1. The van der Waals surface area contributed by atoms with Crippen LogP contribution in [0.4, 0.5) is 11.4 Å². The number of rotatable bonds is 4. The van der Waals surface area contributed by atoms with Crippen molar-refractivity contribution in [3.05, 3.63) is 52.9 Å². The molecule has 7 heteroatoms. The van der Waals surface area contributed by atoms with Crippen LogP contribution in [0.2, 0.25) is 0 Å². The lowest BCUT2D eigenvalue weighted by Gasteiger charge is -2.11. The number of nitrogens with two attached hydrogens (primary N) is 1. The van der Waals surface area contributed by atoms with Gasteiger partial charge in [-0.1, -0.05) is 12.1 Å². The Morgan fingerprint density at radius 1 is 1.20 bits per heavy atom. The maximum Gasteiger partial charge on any atom is 0.263 e. The molecule has 2 rings (SSSR count). The van der Waals surface area contributed by atoms with Crippen molar-refractivity contribution in [2.75, 3.05) is 10.5 Å². The van der Waals surface area contributed by atoms with Crippen LogP contribution in [0.15, 0.2) is 52.3 Å². The van der Waals surface area contributed by atoms with E-state index in [1.165, 1.54) is 35.0 Å². The molecule has 1 heterocycles. The quantitative estimate of drug-likeness (QED) is 0.829. The Labute approximate surface area is 116 Å². The summed E-state index contributed by atoms with van der Waals surface area (Å²) in [7, 11) is -3.77. The molecule has 0 bridgehead atoms. The number of hydrogen-bond donors (Lipinski definition) is 2. The van der Waals surface area contributed by atoms with Gasteiger partial charge >= 0.3 is 0 Å². The third-order valence-electron chi connectivity index (χ3n) is 2.78. The van der Waals surface area contributed by atoms with Crippen molar-refractivity contribution in [1.82, 2.24) is 4.57 Å². The van der Waals surface area contributed by atoms with E-state index in [-0.39, 0.29) is 16.1 Å². The van der Waals surface area contributed by atoms with Gasteiger partial charge in [0.2, 0.25) is 0 Å². The molecule has 0 aliphatic rings. The fourth-order valence-corrected chi connectivity index (χ4v) is 2.95. The molecule has 1 aromatic carbocycles. The first-order chi connectivity index (χ1) is 9.44. The molecule has 106 valence electrons. The summed E-state index contributed by atoms with van der Waals surface area (Å²) in [5, 5.41) is 0. The van der Waals surface area contributed by atoms with Crippen LogP contribution in [0, 0.1) is 0 Å². The standard InChI is InChI=1S/C13H15N3O3S/c1-2-16-9-10(7-8-13(16)17)15-20(18,19)12-6-4-3-5-11(12)14/h3-9,15H,2,14H2,1H3. The van der Waals surface area contributed by atoms with Gasteiger partial charge in [0.1, 0.15) is 4.90 Å². The van der Waals surface area contributed by atoms with Crippen LogP contribution < -0.4 is 16.0 Å². The Morgan fingerprint density at radius 3 is 2.55 bits per heavy atom. The van der Waals surface area contributed by atoms with E-state index in [4.69, 9.17) is 5.73 Å². The summed E-state index contributed by atoms with van der Waals surface area (Å²) >= 11 is 0. The number of aromatic nitrogens is 1. The highest BCUT2D eigenvalue weighted by Gasteiger charge is 2.17. The summed E-state index contributed by atoms with van der Waals surface area (Å²) in [6.45, 7) is 2.26. The Balaban J connectivity index is 2.39. The number of hydrogen-bond acceptors (Lipinski definition) is 4. The molecule has 0 atom stereocenters. The summed E-state index contributed by atoms with van der Waals surface area (Å²) in [5.41, 5.74) is 5.97. The van der Waals surface area contributed by atoms with E-state index in [0.717, 1.165) is 0 Å². The van der Waals surface area contributed by atoms with Crippen molar-refractivity contribution < 1.29 is 8.42 Å². The third kappa shape index (κ3) is 2.83. The number of aryl methyl sites for hydroxylation is 1. The molecule has 0 aliphatic carbocycles. The number of nitrogen functional groups attached to an aromatic ring is 1. The number of nitrogens with one attached hydrogen (secondary N) is 1. The normalized spacial score (nSPS) is 11.2. The fraction of sp³-hybridized carbons (Fsp3) is 0.154. The number of para-hydroxylation sites is 1. The van der Waals surface area contributed by atoms with Gasteiger partial charge in [0, 0.05) is 18.8 Å². The topological polar surface area (TPSA) is 94.2 Å². The Hall–Kier alpha value is -2.28. The zero-order valence-corrected chi connectivity index (χ0v) is 11.7. The molecule has 20 heavy (non-hydrogen) atoms. The van der Waals surface area contributed by atoms with Crippen molar-refractivity contribution in [2.24, 2.45) is 0 Å². The monoisotopic (exact) mass is 293 g/mol. The summed E-state index contributed by atoms with van der Waals surface area (Å²) in [6, 6.07) is 8.93. The Kier molecular flexibility index (Phi) is 3.80. The molecule has 0 fully saturated rings. The van der Waals surface area contributed by atoms with Gasteiger partial charge in [-0.2, -0.15) is 0 Å². The second-order valence-corrected chi connectivity index (χ2v) is 5.84. The van der Waals surface area contributed by atoms with Crippen molar-refractivity contribution >= 4 is 21.4 Å². The number of anilines is 2. The zero-order valence-electron chi connectivity index (χ0n) is 10.9. The molecular formula is C13H15N3O3S. The highest BCUT2D eigenvalue weighted by molar-refractivity contribution is 7.92. The number of nitrogens with zero attached hydrogens (tertiary/aromatic N) is 1. The van der Waals surface area contributed by atoms with Crippen LogP contribution in [0.5, 0.6) is 0 Å². The molecule has 0 spiro atoms. The molecule has 0 unspecified atom stereocenters. The summed E-state index contributed by atoms with van der Waals surface area (Å²) in [4.78, 5) is 11.5. The highest BCUT2D eigenvalue weighted by atomic mass is 32.2. The van der Waals surface area contributed by atoms with Crippen LogP contribution in [0.1, 0.15) is 6.92 Å². The summed E-state index contributed by atoms with van der Waals surface area (Å²) in [6.07, 6.45) is 1.46. The third-order valence-corrected chi connectivity index (χ3v) is 4.24. The van der Waals surface area contributed by atoms with Crippen LogP contribution in [-0.2, 0) is 16.6 Å². The zero-order chi connectivity index (χ0) is 14.8. The van der Waals surface area contributed by atoms with E-state index in [2.05, 4.69) is 4.72 Å². The van der Waals surface area contributed by atoms with Crippen molar-refractivity contribution in [1.29, 1.82) is 0 Å². The van der Waals surface area contributed by atoms with Gasteiger partial charge < -0.3 is 10.3 Å². The lowest BCUT2D eigenvalue weighted by Crippen LogP contribution is -2.20. The van der Waals surface area contributed by atoms with Gasteiger partial charge in [-0.05, 0) is 25.1 Å². The Bertz CT molecular complexity index is 781. The first-order valence-electron chi connectivity index (χ1n) is 6.02. The lowest BCUT2D eigenvalue weighted by atomic mass is 10.3. The molecule has 0 amide bonds. The van der Waals surface area contributed by atoms with E-state index in [9.17, 15) is 13.2 Å². The largest absolute Gasteiger partial charge is 0.398 e.